The van der Waals surface area contributed by atoms with Crippen molar-refractivity contribution in [3.05, 3.63) is 89.7 Å². The highest BCUT2D eigenvalue weighted by Crippen LogP contribution is 2.29. The molecule has 0 radical (unpaired) electrons. The van der Waals surface area contributed by atoms with Crippen molar-refractivity contribution in [2.45, 2.75) is 26.1 Å². The summed E-state index contributed by atoms with van der Waals surface area (Å²) in [5, 5.41) is 8.78. The fourth-order valence-corrected chi connectivity index (χ4v) is 2.62. The van der Waals surface area contributed by atoms with Crippen LogP contribution >= 0.6 is 0 Å². The quantitative estimate of drug-likeness (QED) is 0.519. The van der Waals surface area contributed by atoms with Crippen LogP contribution in [0.4, 0.5) is 0 Å². The van der Waals surface area contributed by atoms with Crippen molar-refractivity contribution in [1.82, 2.24) is 4.98 Å². The number of benzene rings is 2. The zero-order valence-corrected chi connectivity index (χ0v) is 15.8. The number of Topliss-reactive ketones (excluding diaryl/α,β-unsaturated/α-hetero) is 1. The summed E-state index contributed by atoms with van der Waals surface area (Å²) in [6, 6.07) is 20.8. The van der Waals surface area contributed by atoms with Gasteiger partial charge in [0.05, 0.1) is 12.6 Å². The van der Waals surface area contributed by atoms with Crippen LogP contribution in [-0.4, -0.2) is 21.8 Å². The minimum absolute atomic E-state index is 0.120. The van der Waals surface area contributed by atoms with Crippen LogP contribution in [0.25, 0.3) is 0 Å². The Kier molecular flexibility index (Phi) is 6.95. The highest BCUT2D eigenvalue weighted by molar-refractivity contribution is 5.96. The minimum Gasteiger partial charge on any atom is -0.485 e. The molecule has 0 unspecified atom stereocenters. The zero-order valence-electron chi connectivity index (χ0n) is 15.8. The monoisotopic (exact) mass is 391 g/mol. The second-order valence-corrected chi connectivity index (χ2v) is 6.38. The molecule has 0 fully saturated rings. The van der Waals surface area contributed by atoms with Gasteiger partial charge in [-0.1, -0.05) is 60.7 Å². The molecular formula is C23H21NO5. The van der Waals surface area contributed by atoms with Gasteiger partial charge in [0.2, 0.25) is 0 Å². The molecule has 6 heteroatoms. The molecule has 0 aliphatic heterocycles. The third-order valence-electron chi connectivity index (χ3n) is 4.16. The van der Waals surface area contributed by atoms with Crippen molar-refractivity contribution >= 4 is 11.8 Å². The molecular weight excluding hydrogens is 370 g/mol. The van der Waals surface area contributed by atoms with E-state index in [4.69, 9.17) is 14.6 Å². The lowest BCUT2D eigenvalue weighted by molar-refractivity contribution is -0.136. The smallest absolute Gasteiger partial charge is 0.303 e. The lowest BCUT2D eigenvalue weighted by Gasteiger charge is -2.14. The van der Waals surface area contributed by atoms with Gasteiger partial charge in [0, 0.05) is 12.5 Å². The predicted octanol–water partition coefficient (Wildman–Crippen LogP) is 4.29. The van der Waals surface area contributed by atoms with Crippen LogP contribution in [-0.2, 0) is 18.0 Å². The maximum absolute atomic E-state index is 12.2. The molecule has 1 aromatic heterocycles. The van der Waals surface area contributed by atoms with E-state index >= 15 is 0 Å². The molecule has 0 atom stereocenters. The Morgan fingerprint density at radius 1 is 0.793 bits per heavy atom. The number of carboxylic acids is 1. The molecule has 0 saturated carbocycles. The van der Waals surface area contributed by atoms with E-state index in [9.17, 15) is 9.59 Å². The Morgan fingerprint density at radius 2 is 1.34 bits per heavy atom. The van der Waals surface area contributed by atoms with Crippen molar-refractivity contribution in [2.75, 3.05) is 0 Å². The molecule has 29 heavy (non-hydrogen) atoms. The Morgan fingerprint density at radius 3 is 1.90 bits per heavy atom. The number of carbonyl (C=O) groups is 2. The van der Waals surface area contributed by atoms with Gasteiger partial charge in [-0.05, 0) is 11.1 Å². The van der Waals surface area contributed by atoms with Gasteiger partial charge in [-0.25, -0.2) is 4.98 Å². The average Bonchev–Trinajstić information content (AvgIpc) is 2.76. The largest absolute Gasteiger partial charge is 0.485 e. The molecule has 6 nitrogen and oxygen atoms in total. The second kappa shape index (κ2) is 10.0. The molecule has 0 saturated heterocycles. The first kappa shape index (κ1) is 20.1. The van der Waals surface area contributed by atoms with Crippen molar-refractivity contribution in [1.29, 1.82) is 0 Å². The van der Waals surface area contributed by atoms with E-state index < -0.39 is 5.97 Å². The fourth-order valence-electron chi connectivity index (χ4n) is 2.62. The molecule has 3 aromatic rings. The van der Waals surface area contributed by atoms with Crippen molar-refractivity contribution < 1.29 is 24.2 Å². The first-order valence-corrected chi connectivity index (χ1v) is 9.20. The predicted molar refractivity (Wildman–Crippen MR) is 107 cm³/mol. The molecule has 148 valence electrons. The van der Waals surface area contributed by atoms with Crippen LogP contribution in [0.15, 0.2) is 72.9 Å². The lowest BCUT2D eigenvalue weighted by Crippen LogP contribution is -2.08. The van der Waals surface area contributed by atoms with Crippen LogP contribution in [0.2, 0.25) is 0 Å². The molecule has 0 bridgehead atoms. The molecule has 3 rings (SSSR count). The molecule has 0 amide bonds. The number of hydrogen-bond donors (Lipinski definition) is 1. The van der Waals surface area contributed by atoms with Crippen LogP contribution in [0.3, 0.4) is 0 Å². The number of carboxylic acid groups (broad SMARTS) is 1. The van der Waals surface area contributed by atoms with Gasteiger partial charge in [0.1, 0.15) is 18.9 Å². The number of aliphatic carboxylic acids is 1. The molecule has 0 aliphatic carbocycles. The maximum atomic E-state index is 12.2. The first-order chi connectivity index (χ1) is 14.1. The van der Waals surface area contributed by atoms with Crippen LogP contribution < -0.4 is 9.47 Å². The molecule has 0 spiro atoms. The van der Waals surface area contributed by atoms with Crippen molar-refractivity contribution in [3.8, 4) is 11.5 Å². The Labute approximate surface area is 168 Å². The van der Waals surface area contributed by atoms with E-state index in [-0.39, 0.29) is 24.3 Å². The second-order valence-electron chi connectivity index (χ2n) is 6.38. The average molecular weight is 391 g/mol. The SMILES string of the molecule is O=C(O)CCC(=O)c1cc(OCc2ccccc2)c(OCc2ccccc2)cn1. The number of pyridine rings is 1. The van der Waals surface area contributed by atoms with Gasteiger partial charge in [-0.3, -0.25) is 9.59 Å². The standard InChI is InChI=1S/C23H21NO5/c25-20(11-12-23(26)27)19-13-21(28-15-17-7-3-1-4-8-17)22(14-24-19)29-16-18-9-5-2-6-10-18/h1-10,13-14H,11-12,15-16H2,(H,26,27). The number of rotatable bonds is 10. The zero-order chi connectivity index (χ0) is 20.5. The van der Waals surface area contributed by atoms with Gasteiger partial charge < -0.3 is 14.6 Å². The summed E-state index contributed by atoms with van der Waals surface area (Å²) in [7, 11) is 0. The third-order valence-corrected chi connectivity index (χ3v) is 4.16. The maximum Gasteiger partial charge on any atom is 0.303 e. The van der Waals surface area contributed by atoms with Crippen molar-refractivity contribution in [2.24, 2.45) is 0 Å². The van der Waals surface area contributed by atoms with Gasteiger partial charge >= 0.3 is 5.97 Å². The van der Waals surface area contributed by atoms with E-state index in [2.05, 4.69) is 4.98 Å². The van der Waals surface area contributed by atoms with Crippen LogP contribution in [0.5, 0.6) is 11.5 Å². The number of carbonyl (C=O) groups excluding carboxylic acids is 1. The summed E-state index contributed by atoms with van der Waals surface area (Å²) in [6.07, 6.45) is 1.08. The van der Waals surface area contributed by atoms with E-state index in [1.807, 2.05) is 60.7 Å². The first-order valence-electron chi connectivity index (χ1n) is 9.20. The highest BCUT2D eigenvalue weighted by Gasteiger charge is 2.15. The summed E-state index contributed by atoms with van der Waals surface area (Å²) in [5.74, 6) is -0.577. The number of ether oxygens (including phenoxy) is 2. The van der Waals surface area contributed by atoms with E-state index in [0.717, 1.165) is 11.1 Å². The normalized spacial score (nSPS) is 10.3. The molecule has 0 aliphatic rings. The van der Waals surface area contributed by atoms with Gasteiger partial charge in [-0.15, -0.1) is 0 Å². The number of hydrogen-bond acceptors (Lipinski definition) is 5. The Bertz CT molecular complexity index is 958. The summed E-state index contributed by atoms with van der Waals surface area (Å²) >= 11 is 0. The Hall–Kier alpha value is -3.67. The highest BCUT2D eigenvalue weighted by atomic mass is 16.5. The summed E-state index contributed by atoms with van der Waals surface area (Å²) in [4.78, 5) is 27.1. The topological polar surface area (TPSA) is 85.7 Å². The van der Waals surface area contributed by atoms with Crippen molar-refractivity contribution in [3.63, 3.8) is 0 Å². The summed E-state index contributed by atoms with van der Waals surface area (Å²) in [5.41, 5.74) is 2.11. The molecule has 2 aromatic carbocycles. The van der Waals surface area contributed by atoms with Gasteiger partial charge in [0.25, 0.3) is 0 Å². The van der Waals surface area contributed by atoms with E-state index in [1.54, 1.807) is 0 Å². The lowest BCUT2D eigenvalue weighted by atomic mass is 10.1. The number of nitrogens with zero attached hydrogens (tertiary/aromatic N) is 1. The fraction of sp³-hybridized carbons (Fsp3) is 0.174. The van der Waals surface area contributed by atoms with Crippen LogP contribution in [0.1, 0.15) is 34.5 Å². The number of ketones is 1. The van der Waals surface area contributed by atoms with Gasteiger partial charge in [0.15, 0.2) is 17.3 Å². The molecule has 1 heterocycles. The Balaban J connectivity index is 1.77. The van der Waals surface area contributed by atoms with Gasteiger partial charge in [-0.2, -0.15) is 0 Å². The van der Waals surface area contributed by atoms with Crippen LogP contribution in [0, 0.1) is 0 Å². The molecule has 1 N–H and O–H groups in total. The van der Waals surface area contributed by atoms with E-state index in [1.165, 1.54) is 12.3 Å². The summed E-state index contributed by atoms with van der Waals surface area (Å²) in [6.45, 7) is 0.631. The summed E-state index contributed by atoms with van der Waals surface area (Å²) < 4.78 is 11.7. The minimum atomic E-state index is -1.03. The number of aromatic nitrogens is 1. The third kappa shape index (κ3) is 6.17. The van der Waals surface area contributed by atoms with E-state index in [0.29, 0.717) is 24.7 Å².